The van der Waals surface area contributed by atoms with Crippen molar-refractivity contribution >= 4 is 16.1 Å². The summed E-state index contributed by atoms with van der Waals surface area (Å²) >= 11 is 0. The Morgan fingerprint density at radius 3 is 2.17 bits per heavy atom. The van der Waals surface area contributed by atoms with Gasteiger partial charge in [0.05, 0.1) is 4.90 Å². The average molecular weight is 339 g/mol. The van der Waals surface area contributed by atoms with Crippen molar-refractivity contribution in [3.05, 3.63) is 29.8 Å². The molecule has 0 aromatic heterocycles. The van der Waals surface area contributed by atoms with Crippen LogP contribution >= 0.6 is 0 Å². The maximum absolute atomic E-state index is 12.7. The van der Waals surface area contributed by atoms with E-state index in [1.165, 1.54) is 4.31 Å². The summed E-state index contributed by atoms with van der Waals surface area (Å²) in [6.45, 7) is 8.97. The first-order chi connectivity index (χ1) is 10.6. The van der Waals surface area contributed by atoms with E-state index >= 15 is 0 Å². The predicted octanol–water partition coefficient (Wildman–Crippen LogP) is 1.81. The first-order valence-electron chi connectivity index (χ1n) is 7.74. The number of sulfonamides is 1. The van der Waals surface area contributed by atoms with Gasteiger partial charge in [-0.3, -0.25) is 0 Å². The normalized spacial score (nSPS) is 17.1. The SMILES string of the molecule is Cc1ccccc1S(=O)(=O)N1CCN(C(=O)NC(C)(C)C)CC1. The third kappa shape index (κ3) is 4.23. The van der Waals surface area contributed by atoms with Crippen LogP contribution in [0.25, 0.3) is 0 Å². The molecule has 0 bridgehead atoms. The molecule has 1 aromatic rings. The number of benzene rings is 1. The zero-order valence-electron chi connectivity index (χ0n) is 14.2. The molecule has 7 heteroatoms. The van der Waals surface area contributed by atoms with E-state index in [4.69, 9.17) is 0 Å². The highest BCUT2D eigenvalue weighted by Gasteiger charge is 2.31. The molecule has 0 spiro atoms. The van der Waals surface area contributed by atoms with Crippen LogP contribution in [0.15, 0.2) is 29.2 Å². The summed E-state index contributed by atoms with van der Waals surface area (Å²) in [6, 6.07) is 6.82. The fourth-order valence-electron chi connectivity index (χ4n) is 2.52. The van der Waals surface area contributed by atoms with E-state index in [2.05, 4.69) is 5.32 Å². The first-order valence-corrected chi connectivity index (χ1v) is 9.18. The molecule has 0 aliphatic carbocycles. The molecule has 0 saturated carbocycles. The third-order valence-electron chi connectivity index (χ3n) is 3.72. The summed E-state index contributed by atoms with van der Waals surface area (Å²) in [5.74, 6) is 0. The van der Waals surface area contributed by atoms with Crippen LogP contribution in [-0.4, -0.2) is 55.4 Å². The summed E-state index contributed by atoms with van der Waals surface area (Å²) in [4.78, 5) is 14.1. The number of urea groups is 1. The van der Waals surface area contributed by atoms with Crippen LogP contribution in [0.4, 0.5) is 4.79 Å². The Labute approximate surface area is 138 Å². The van der Waals surface area contributed by atoms with Gasteiger partial charge >= 0.3 is 6.03 Å². The molecule has 1 aliphatic rings. The summed E-state index contributed by atoms with van der Waals surface area (Å²) in [7, 11) is -3.50. The zero-order valence-corrected chi connectivity index (χ0v) is 15.0. The van der Waals surface area contributed by atoms with Gasteiger partial charge in [0.25, 0.3) is 0 Å². The Hall–Kier alpha value is -1.60. The Morgan fingerprint density at radius 1 is 1.09 bits per heavy atom. The Bertz CT molecular complexity index is 672. The number of carbonyl (C=O) groups excluding carboxylic acids is 1. The molecule has 0 atom stereocenters. The summed E-state index contributed by atoms with van der Waals surface area (Å²) in [6.07, 6.45) is 0. The number of hydrogen-bond donors (Lipinski definition) is 1. The van der Waals surface area contributed by atoms with Gasteiger partial charge in [0.1, 0.15) is 0 Å². The fourth-order valence-corrected chi connectivity index (χ4v) is 4.16. The second-order valence-corrected chi connectivity index (χ2v) is 8.74. The van der Waals surface area contributed by atoms with Crippen molar-refractivity contribution in [2.45, 2.75) is 38.1 Å². The number of amides is 2. The number of aryl methyl sites for hydroxylation is 1. The number of hydrogen-bond acceptors (Lipinski definition) is 3. The largest absolute Gasteiger partial charge is 0.333 e. The molecule has 2 amide bonds. The monoisotopic (exact) mass is 339 g/mol. The highest BCUT2D eigenvalue weighted by molar-refractivity contribution is 7.89. The lowest BCUT2D eigenvalue weighted by Crippen LogP contribution is -2.55. The van der Waals surface area contributed by atoms with E-state index in [1.54, 1.807) is 30.0 Å². The van der Waals surface area contributed by atoms with Gasteiger partial charge < -0.3 is 10.2 Å². The minimum Gasteiger partial charge on any atom is -0.333 e. The van der Waals surface area contributed by atoms with Crippen molar-refractivity contribution in [3.8, 4) is 0 Å². The lowest BCUT2D eigenvalue weighted by Gasteiger charge is -2.35. The molecule has 1 aromatic carbocycles. The second kappa shape index (κ2) is 6.49. The molecule has 2 rings (SSSR count). The topological polar surface area (TPSA) is 69.7 Å². The standard InChI is InChI=1S/C16H25N3O3S/c1-13-7-5-6-8-14(13)23(21,22)19-11-9-18(10-12-19)15(20)17-16(2,3)4/h5-8H,9-12H2,1-4H3,(H,17,20). The minimum atomic E-state index is -3.50. The average Bonchev–Trinajstić information content (AvgIpc) is 2.46. The van der Waals surface area contributed by atoms with Crippen molar-refractivity contribution in [2.75, 3.05) is 26.2 Å². The molecular weight excluding hydrogens is 314 g/mol. The second-order valence-electron chi connectivity index (χ2n) is 6.84. The van der Waals surface area contributed by atoms with Crippen molar-refractivity contribution in [3.63, 3.8) is 0 Å². The fraction of sp³-hybridized carbons (Fsp3) is 0.562. The van der Waals surface area contributed by atoms with Gasteiger partial charge in [0.15, 0.2) is 0 Å². The van der Waals surface area contributed by atoms with E-state index < -0.39 is 10.0 Å². The van der Waals surface area contributed by atoms with Crippen molar-refractivity contribution < 1.29 is 13.2 Å². The van der Waals surface area contributed by atoms with E-state index in [0.29, 0.717) is 31.1 Å². The van der Waals surface area contributed by atoms with Gasteiger partial charge in [0, 0.05) is 31.7 Å². The van der Waals surface area contributed by atoms with Gasteiger partial charge in [-0.25, -0.2) is 13.2 Å². The maximum Gasteiger partial charge on any atom is 0.317 e. The lowest BCUT2D eigenvalue weighted by molar-refractivity contribution is 0.165. The number of carbonyl (C=O) groups is 1. The predicted molar refractivity (Wildman–Crippen MR) is 89.8 cm³/mol. The van der Waals surface area contributed by atoms with E-state index in [1.807, 2.05) is 26.8 Å². The quantitative estimate of drug-likeness (QED) is 0.893. The molecule has 1 N–H and O–H groups in total. The molecule has 1 saturated heterocycles. The van der Waals surface area contributed by atoms with Crippen molar-refractivity contribution in [2.24, 2.45) is 0 Å². The van der Waals surface area contributed by atoms with Crippen LogP contribution in [0.3, 0.4) is 0 Å². The lowest BCUT2D eigenvalue weighted by atomic mass is 10.1. The van der Waals surface area contributed by atoms with Crippen LogP contribution in [0, 0.1) is 6.92 Å². The van der Waals surface area contributed by atoms with Gasteiger partial charge in [-0.2, -0.15) is 4.31 Å². The molecule has 0 unspecified atom stereocenters. The van der Waals surface area contributed by atoms with Gasteiger partial charge in [-0.05, 0) is 39.3 Å². The molecule has 23 heavy (non-hydrogen) atoms. The van der Waals surface area contributed by atoms with Crippen molar-refractivity contribution in [1.82, 2.24) is 14.5 Å². The Morgan fingerprint density at radius 2 is 1.65 bits per heavy atom. The van der Waals surface area contributed by atoms with Crippen LogP contribution in [0.5, 0.6) is 0 Å². The molecule has 6 nitrogen and oxygen atoms in total. The number of nitrogens with one attached hydrogen (secondary N) is 1. The maximum atomic E-state index is 12.7. The highest BCUT2D eigenvalue weighted by Crippen LogP contribution is 2.21. The van der Waals surface area contributed by atoms with Crippen LogP contribution in [-0.2, 0) is 10.0 Å². The Kier molecular flexibility index (Phi) is 5.01. The zero-order chi connectivity index (χ0) is 17.3. The van der Waals surface area contributed by atoms with Gasteiger partial charge in [-0.15, -0.1) is 0 Å². The molecule has 1 aliphatic heterocycles. The summed E-state index contributed by atoms with van der Waals surface area (Å²) in [5.41, 5.74) is 0.432. The number of piperazine rings is 1. The first kappa shape index (κ1) is 17.7. The number of rotatable bonds is 2. The number of nitrogens with zero attached hydrogens (tertiary/aromatic N) is 2. The van der Waals surface area contributed by atoms with Crippen LogP contribution in [0.2, 0.25) is 0 Å². The van der Waals surface area contributed by atoms with E-state index in [-0.39, 0.29) is 11.6 Å². The summed E-state index contributed by atoms with van der Waals surface area (Å²) < 4.78 is 26.9. The van der Waals surface area contributed by atoms with Crippen LogP contribution in [0.1, 0.15) is 26.3 Å². The molecule has 128 valence electrons. The summed E-state index contributed by atoms with van der Waals surface area (Å²) in [5, 5.41) is 2.90. The third-order valence-corrected chi connectivity index (χ3v) is 5.78. The molecule has 1 fully saturated rings. The van der Waals surface area contributed by atoms with E-state index in [9.17, 15) is 13.2 Å². The highest BCUT2D eigenvalue weighted by atomic mass is 32.2. The smallest absolute Gasteiger partial charge is 0.317 e. The molecule has 1 heterocycles. The van der Waals surface area contributed by atoms with Gasteiger partial charge in [-0.1, -0.05) is 18.2 Å². The van der Waals surface area contributed by atoms with Crippen molar-refractivity contribution in [1.29, 1.82) is 0 Å². The molecular formula is C16H25N3O3S. The minimum absolute atomic E-state index is 0.148. The van der Waals surface area contributed by atoms with E-state index in [0.717, 1.165) is 5.56 Å². The van der Waals surface area contributed by atoms with Crippen LogP contribution < -0.4 is 5.32 Å². The Balaban J connectivity index is 2.04. The van der Waals surface area contributed by atoms with Gasteiger partial charge in [0.2, 0.25) is 10.0 Å². The molecule has 0 radical (unpaired) electrons.